The maximum absolute atomic E-state index is 12.6. The molecule has 1 aliphatic heterocycles. The van der Waals surface area contributed by atoms with Crippen molar-refractivity contribution in [1.29, 1.82) is 0 Å². The molecule has 8 heteroatoms. The summed E-state index contributed by atoms with van der Waals surface area (Å²) in [5.41, 5.74) is 0.249. The zero-order valence-corrected chi connectivity index (χ0v) is 15.9. The van der Waals surface area contributed by atoms with Crippen molar-refractivity contribution in [3.05, 3.63) is 63.7 Å². The van der Waals surface area contributed by atoms with Gasteiger partial charge in [-0.2, -0.15) is 0 Å². The average molecular weight is 400 g/mol. The van der Waals surface area contributed by atoms with Crippen LogP contribution in [-0.4, -0.2) is 35.1 Å². The van der Waals surface area contributed by atoms with E-state index < -0.39 is 23.7 Å². The zero-order valence-electron chi connectivity index (χ0n) is 15.1. The molecule has 7 nitrogen and oxygen atoms in total. The van der Waals surface area contributed by atoms with Crippen LogP contribution in [0.15, 0.2) is 36.4 Å². The van der Waals surface area contributed by atoms with Gasteiger partial charge in [0.15, 0.2) is 0 Å². The van der Waals surface area contributed by atoms with E-state index in [1.807, 2.05) is 13.8 Å². The van der Waals surface area contributed by atoms with Gasteiger partial charge in [0, 0.05) is 22.7 Å². The summed E-state index contributed by atoms with van der Waals surface area (Å²) in [6, 6.07) is 8.11. The minimum absolute atomic E-state index is 0.0127. The van der Waals surface area contributed by atoms with Gasteiger partial charge in [-0.25, -0.2) is 0 Å². The Labute approximate surface area is 165 Å². The van der Waals surface area contributed by atoms with E-state index in [1.165, 1.54) is 36.4 Å². The minimum Gasteiger partial charge on any atom is -0.545 e. The predicted octanol–water partition coefficient (Wildman–Crippen LogP) is 2.21. The molecule has 1 heterocycles. The number of aromatic carboxylic acids is 1. The first-order valence-electron chi connectivity index (χ1n) is 8.51. The normalized spacial score (nSPS) is 13.1. The van der Waals surface area contributed by atoms with Crippen LogP contribution in [0.25, 0.3) is 0 Å². The summed E-state index contributed by atoms with van der Waals surface area (Å²) in [6.07, 6.45) is 0. The topological polar surface area (TPSA) is 107 Å². The highest BCUT2D eigenvalue weighted by Crippen LogP contribution is 2.26. The summed E-state index contributed by atoms with van der Waals surface area (Å²) in [5.74, 6) is -2.85. The van der Waals surface area contributed by atoms with Crippen LogP contribution in [0.5, 0.6) is 0 Å². The molecule has 1 N–H and O–H groups in total. The van der Waals surface area contributed by atoms with Crippen LogP contribution in [-0.2, 0) is 0 Å². The third kappa shape index (κ3) is 3.61. The van der Waals surface area contributed by atoms with Gasteiger partial charge in [-0.15, -0.1) is 0 Å². The number of benzene rings is 2. The van der Waals surface area contributed by atoms with Gasteiger partial charge in [0.1, 0.15) is 0 Å². The number of nitrogens with one attached hydrogen (secondary N) is 1. The number of rotatable bonds is 5. The third-order valence-electron chi connectivity index (χ3n) is 4.23. The Morgan fingerprint density at radius 2 is 1.75 bits per heavy atom. The molecule has 0 atom stereocenters. The number of fused-ring (bicyclic) bond motifs is 1. The number of carboxylic acids is 1. The van der Waals surface area contributed by atoms with Crippen LogP contribution in [0.2, 0.25) is 5.02 Å². The van der Waals surface area contributed by atoms with Crippen LogP contribution >= 0.6 is 11.6 Å². The van der Waals surface area contributed by atoms with Crippen molar-refractivity contribution in [2.75, 3.05) is 11.9 Å². The van der Waals surface area contributed by atoms with Crippen molar-refractivity contribution in [2.45, 2.75) is 13.8 Å². The van der Waals surface area contributed by atoms with Crippen LogP contribution in [0.4, 0.5) is 5.69 Å². The molecule has 3 rings (SSSR count). The summed E-state index contributed by atoms with van der Waals surface area (Å²) in [6.45, 7) is 4.07. The van der Waals surface area contributed by atoms with Crippen molar-refractivity contribution in [3.8, 4) is 0 Å². The van der Waals surface area contributed by atoms with Crippen molar-refractivity contribution >= 4 is 41.0 Å². The maximum Gasteiger partial charge on any atom is 0.261 e. The molecule has 1 aliphatic rings. The Morgan fingerprint density at radius 3 is 2.39 bits per heavy atom. The van der Waals surface area contributed by atoms with E-state index in [9.17, 15) is 24.3 Å². The molecule has 0 spiro atoms. The Hall–Kier alpha value is -3.19. The highest BCUT2D eigenvalue weighted by Gasteiger charge is 2.36. The predicted molar refractivity (Wildman–Crippen MR) is 100 cm³/mol. The summed E-state index contributed by atoms with van der Waals surface area (Å²) in [5, 5.41) is 13.9. The Bertz CT molecular complexity index is 1020. The number of hydrogen-bond acceptors (Lipinski definition) is 5. The van der Waals surface area contributed by atoms with E-state index >= 15 is 0 Å². The van der Waals surface area contributed by atoms with Crippen molar-refractivity contribution in [3.63, 3.8) is 0 Å². The van der Waals surface area contributed by atoms with E-state index in [0.717, 1.165) is 4.90 Å². The molecule has 0 unspecified atom stereocenters. The van der Waals surface area contributed by atoms with Crippen LogP contribution in [0, 0.1) is 5.92 Å². The average Bonchev–Trinajstić information content (AvgIpc) is 2.87. The number of carboxylic acid groups (broad SMARTS) is 1. The van der Waals surface area contributed by atoms with Crippen LogP contribution < -0.4 is 10.4 Å². The van der Waals surface area contributed by atoms with Gasteiger partial charge in [-0.3, -0.25) is 19.3 Å². The lowest BCUT2D eigenvalue weighted by atomic mass is 10.0. The molecule has 0 fully saturated rings. The molecular weight excluding hydrogens is 384 g/mol. The van der Waals surface area contributed by atoms with Gasteiger partial charge in [-0.05, 0) is 42.3 Å². The Balaban J connectivity index is 1.89. The summed E-state index contributed by atoms with van der Waals surface area (Å²) in [4.78, 5) is 49.9. The molecule has 144 valence electrons. The lowest BCUT2D eigenvalue weighted by Crippen LogP contribution is -2.33. The fourth-order valence-electron chi connectivity index (χ4n) is 2.95. The van der Waals surface area contributed by atoms with Crippen LogP contribution in [0.1, 0.15) is 55.3 Å². The number of hydrogen-bond donors (Lipinski definition) is 1. The fourth-order valence-corrected chi connectivity index (χ4v) is 3.12. The lowest BCUT2D eigenvalue weighted by molar-refractivity contribution is -0.254. The largest absolute Gasteiger partial charge is 0.545 e. The molecule has 0 aliphatic carbocycles. The van der Waals surface area contributed by atoms with E-state index in [4.69, 9.17) is 11.6 Å². The minimum atomic E-state index is -1.49. The molecule has 28 heavy (non-hydrogen) atoms. The summed E-state index contributed by atoms with van der Waals surface area (Å²) < 4.78 is 0. The molecule has 0 bridgehead atoms. The number of carbonyl (C=O) groups is 4. The zero-order chi connectivity index (χ0) is 20.6. The second-order valence-electron chi connectivity index (χ2n) is 6.81. The molecule has 0 saturated heterocycles. The first-order valence-corrected chi connectivity index (χ1v) is 8.89. The van der Waals surface area contributed by atoms with E-state index in [2.05, 4.69) is 5.32 Å². The van der Waals surface area contributed by atoms with E-state index in [-0.39, 0.29) is 45.4 Å². The molecule has 3 amide bonds. The number of nitrogens with zero attached hydrogens (tertiary/aromatic N) is 1. The number of anilines is 1. The van der Waals surface area contributed by atoms with Gasteiger partial charge >= 0.3 is 0 Å². The highest BCUT2D eigenvalue weighted by molar-refractivity contribution is 6.31. The first-order chi connectivity index (χ1) is 13.2. The summed E-state index contributed by atoms with van der Waals surface area (Å²) in [7, 11) is 0. The van der Waals surface area contributed by atoms with Crippen LogP contribution in [0.3, 0.4) is 0 Å². The standard InChI is InChI=1S/C20H17ClN2O5/c1-10(2)9-23-18(25)13-5-3-11(7-14(13)19(23)26)17(24)22-16-6-4-12(21)8-15(16)20(27)28/h3-8,10H,9H2,1-2H3,(H,22,24)(H,27,28)/p-1. The number of imide groups is 1. The van der Waals surface area contributed by atoms with E-state index in [1.54, 1.807) is 0 Å². The maximum atomic E-state index is 12.6. The number of halogens is 1. The first kappa shape index (κ1) is 19.6. The third-order valence-corrected chi connectivity index (χ3v) is 4.47. The molecule has 2 aromatic rings. The van der Waals surface area contributed by atoms with E-state index in [0.29, 0.717) is 0 Å². The number of amides is 3. The van der Waals surface area contributed by atoms with Crippen molar-refractivity contribution in [1.82, 2.24) is 4.90 Å². The van der Waals surface area contributed by atoms with Gasteiger partial charge in [0.05, 0.1) is 22.8 Å². The quantitative estimate of drug-likeness (QED) is 0.776. The second kappa shape index (κ2) is 7.44. The molecule has 2 aromatic carbocycles. The van der Waals surface area contributed by atoms with Crippen molar-refractivity contribution in [2.24, 2.45) is 5.92 Å². The number of carbonyl (C=O) groups excluding carboxylic acids is 4. The molecule has 0 radical (unpaired) electrons. The van der Waals surface area contributed by atoms with Gasteiger partial charge < -0.3 is 15.2 Å². The summed E-state index contributed by atoms with van der Waals surface area (Å²) >= 11 is 5.78. The van der Waals surface area contributed by atoms with Gasteiger partial charge in [-0.1, -0.05) is 25.4 Å². The Kier molecular flexibility index (Phi) is 5.20. The highest BCUT2D eigenvalue weighted by atomic mass is 35.5. The molecule has 0 aromatic heterocycles. The van der Waals surface area contributed by atoms with Gasteiger partial charge in [0.2, 0.25) is 0 Å². The SMILES string of the molecule is CC(C)CN1C(=O)c2ccc(C(=O)Nc3ccc(Cl)cc3C(=O)[O-])cc2C1=O. The van der Waals surface area contributed by atoms with Gasteiger partial charge in [0.25, 0.3) is 17.7 Å². The fraction of sp³-hybridized carbons (Fsp3) is 0.200. The molecular formula is C20H16ClN2O5-. The monoisotopic (exact) mass is 399 g/mol. The Morgan fingerprint density at radius 1 is 1.07 bits per heavy atom. The molecule has 0 saturated carbocycles. The second-order valence-corrected chi connectivity index (χ2v) is 7.24. The smallest absolute Gasteiger partial charge is 0.261 e. The lowest BCUT2D eigenvalue weighted by Gasteiger charge is -2.15. The van der Waals surface area contributed by atoms with Crippen molar-refractivity contribution < 1.29 is 24.3 Å².